The number of nitrogens with zero attached hydrogens (tertiary/aromatic N) is 1. The molecule has 2 N–H and O–H groups in total. The van der Waals surface area contributed by atoms with Gasteiger partial charge in [0.05, 0.1) is 19.1 Å². The summed E-state index contributed by atoms with van der Waals surface area (Å²) >= 11 is 1.62. The first kappa shape index (κ1) is 12.5. The van der Waals surface area contributed by atoms with Gasteiger partial charge in [0, 0.05) is 13.1 Å². The number of carbonyl (C=O) groups excluding carboxylic acids is 1. The second-order valence-corrected chi connectivity index (χ2v) is 5.00. The van der Waals surface area contributed by atoms with Crippen molar-refractivity contribution in [2.75, 3.05) is 26.2 Å². The summed E-state index contributed by atoms with van der Waals surface area (Å²) < 4.78 is 5.56. The van der Waals surface area contributed by atoms with Crippen molar-refractivity contribution in [3.8, 4) is 0 Å². The number of hydrogen-bond donors (Lipinski definition) is 1. The van der Waals surface area contributed by atoms with Gasteiger partial charge in [0.2, 0.25) is 5.91 Å². The highest BCUT2D eigenvalue weighted by atomic mass is 32.1. The lowest BCUT2D eigenvalue weighted by atomic mass is 10.1. The van der Waals surface area contributed by atoms with Gasteiger partial charge in [-0.25, -0.2) is 0 Å². The zero-order valence-corrected chi connectivity index (χ0v) is 10.6. The first-order valence-corrected chi connectivity index (χ1v) is 6.84. The van der Waals surface area contributed by atoms with E-state index in [2.05, 4.69) is 0 Å². The van der Waals surface area contributed by atoms with Crippen molar-refractivity contribution < 1.29 is 9.53 Å². The molecule has 4 nitrogen and oxygen atoms in total. The lowest BCUT2D eigenvalue weighted by Gasteiger charge is -2.32. The predicted molar refractivity (Wildman–Crippen MR) is 68.0 cm³/mol. The maximum atomic E-state index is 12.1. The van der Waals surface area contributed by atoms with Gasteiger partial charge >= 0.3 is 0 Å². The summed E-state index contributed by atoms with van der Waals surface area (Å²) in [6.45, 7) is 2.61. The highest BCUT2D eigenvalue weighted by Crippen LogP contribution is 2.12. The Morgan fingerprint density at radius 1 is 1.65 bits per heavy atom. The van der Waals surface area contributed by atoms with Gasteiger partial charge in [-0.05, 0) is 35.4 Å². The minimum Gasteiger partial charge on any atom is -0.374 e. The summed E-state index contributed by atoms with van der Waals surface area (Å²) in [7, 11) is 0. The van der Waals surface area contributed by atoms with Gasteiger partial charge in [0.25, 0.3) is 0 Å². The van der Waals surface area contributed by atoms with Crippen LogP contribution < -0.4 is 5.73 Å². The molecule has 1 saturated heterocycles. The van der Waals surface area contributed by atoms with Crippen LogP contribution in [-0.2, 0) is 16.0 Å². The zero-order valence-electron chi connectivity index (χ0n) is 9.80. The Morgan fingerprint density at radius 3 is 3.24 bits per heavy atom. The fraction of sp³-hybridized carbons (Fsp3) is 0.583. The standard InChI is InChI=1S/C12H18N2O2S/c13-3-1-11-8-14(4-5-16-11)12(15)7-10-2-6-17-9-10/h2,6,9,11H,1,3-5,7-8,13H2. The average molecular weight is 254 g/mol. The number of thiophene rings is 1. The lowest BCUT2D eigenvalue weighted by molar-refractivity contribution is -0.138. The molecule has 0 radical (unpaired) electrons. The minimum atomic E-state index is 0.111. The molecule has 2 rings (SSSR count). The molecule has 1 unspecified atom stereocenters. The molecule has 5 heteroatoms. The van der Waals surface area contributed by atoms with E-state index in [9.17, 15) is 4.79 Å². The molecule has 1 aromatic heterocycles. The normalized spacial score (nSPS) is 20.5. The van der Waals surface area contributed by atoms with Gasteiger partial charge in [0.15, 0.2) is 0 Å². The van der Waals surface area contributed by atoms with Crippen LogP contribution >= 0.6 is 11.3 Å². The van der Waals surface area contributed by atoms with E-state index in [4.69, 9.17) is 10.5 Å². The van der Waals surface area contributed by atoms with Crippen molar-refractivity contribution in [3.63, 3.8) is 0 Å². The van der Waals surface area contributed by atoms with E-state index in [1.807, 2.05) is 21.7 Å². The molecule has 1 fully saturated rings. The number of nitrogens with two attached hydrogens (primary N) is 1. The van der Waals surface area contributed by atoms with Crippen molar-refractivity contribution in [2.24, 2.45) is 5.73 Å². The molecule has 1 aliphatic heterocycles. The molecule has 0 aliphatic carbocycles. The molecular formula is C12H18N2O2S. The summed E-state index contributed by atoms with van der Waals surface area (Å²) in [5, 5.41) is 4.02. The van der Waals surface area contributed by atoms with E-state index in [0.717, 1.165) is 12.0 Å². The average Bonchev–Trinajstić information content (AvgIpc) is 2.83. The number of morpholine rings is 1. The lowest BCUT2D eigenvalue weighted by Crippen LogP contribution is -2.46. The van der Waals surface area contributed by atoms with Gasteiger partial charge < -0.3 is 15.4 Å². The quantitative estimate of drug-likeness (QED) is 0.867. The molecular weight excluding hydrogens is 236 g/mol. The smallest absolute Gasteiger partial charge is 0.227 e. The molecule has 2 heterocycles. The minimum absolute atomic E-state index is 0.111. The van der Waals surface area contributed by atoms with E-state index < -0.39 is 0 Å². The Labute approximate surface area is 105 Å². The van der Waals surface area contributed by atoms with E-state index in [0.29, 0.717) is 32.7 Å². The molecule has 0 saturated carbocycles. The summed E-state index contributed by atoms with van der Waals surface area (Å²) in [4.78, 5) is 13.9. The summed E-state index contributed by atoms with van der Waals surface area (Å²) in [6, 6.07) is 2.00. The third-order valence-electron chi connectivity index (χ3n) is 2.92. The first-order chi connectivity index (χ1) is 8.29. The predicted octanol–water partition coefficient (Wildman–Crippen LogP) is 0.867. The molecule has 0 aromatic carbocycles. The van der Waals surface area contributed by atoms with Crippen LogP contribution in [0.2, 0.25) is 0 Å². The Bertz CT molecular complexity index is 351. The Kier molecular flexibility index (Phi) is 4.53. The van der Waals surface area contributed by atoms with Crippen LogP contribution in [0.4, 0.5) is 0 Å². The fourth-order valence-corrected chi connectivity index (χ4v) is 2.65. The maximum absolute atomic E-state index is 12.1. The number of hydrogen-bond acceptors (Lipinski definition) is 4. The van der Waals surface area contributed by atoms with E-state index in [-0.39, 0.29) is 12.0 Å². The SMILES string of the molecule is NCCC1CN(C(=O)Cc2ccsc2)CCO1. The Hall–Kier alpha value is -0.910. The van der Waals surface area contributed by atoms with Crippen LogP contribution in [0, 0.1) is 0 Å². The van der Waals surface area contributed by atoms with Crippen molar-refractivity contribution in [2.45, 2.75) is 18.9 Å². The zero-order chi connectivity index (χ0) is 12.1. The second-order valence-electron chi connectivity index (χ2n) is 4.22. The number of rotatable bonds is 4. The number of carbonyl (C=O) groups is 1. The molecule has 1 aliphatic rings. The first-order valence-electron chi connectivity index (χ1n) is 5.90. The van der Waals surface area contributed by atoms with Crippen molar-refractivity contribution in [1.82, 2.24) is 4.90 Å². The van der Waals surface area contributed by atoms with Crippen LogP contribution in [0.25, 0.3) is 0 Å². The van der Waals surface area contributed by atoms with Crippen LogP contribution in [0.1, 0.15) is 12.0 Å². The maximum Gasteiger partial charge on any atom is 0.227 e. The van der Waals surface area contributed by atoms with E-state index in [1.165, 1.54) is 0 Å². The van der Waals surface area contributed by atoms with Crippen LogP contribution in [0.15, 0.2) is 16.8 Å². The highest BCUT2D eigenvalue weighted by molar-refractivity contribution is 7.07. The van der Waals surface area contributed by atoms with E-state index in [1.54, 1.807) is 11.3 Å². The van der Waals surface area contributed by atoms with E-state index >= 15 is 0 Å². The van der Waals surface area contributed by atoms with Gasteiger partial charge in [0.1, 0.15) is 0 Å². The molecule has 1 atom stereocenters. The highest BCUT2D eigenvalue weighted by Gasteiger charge is 2.23. The number of ether oxygens (including phenoxy) is 1. The van der Waals surface area contributed by atoms with Crippen molar-refractivity contribution in [1.29, 1.82) is 0 Å². The van der Waals surface area contributed by atoms with Crippen LogP contribution in [0.5, 0.6) is 0 Å². The molecule has 17 heavy (non-hydrogen) atoms. The monoisotopic (exact) mass is 254 g/mol. The van der Waals surface area contributed by atoms with Gasteiger partial charge in [-0.1, -0.05) is 0 Å². The third-order valence-corrected chi connectivity index (χ3v) is 3.65. The molecule has 0 bridgehead atoms. The largest absolute Gasteiger partial charge is 0.374 e. The van der Waals surface area contributed by atoms with Gasteiger partial charge in [-0.3, -0.25) is 4.79 Å². The molecule has 0 spiro atoms. The summed E-state index contributed by atoms with van der Waals surface area (Å²) in [6.07, 6.45) is 1.43. The molecule has 1 aromatic rings. The van der Waals surface area contributed by atoms with Crippen molar-refractivity contribution in [3.05, 3.63) is 22.4 Å². The second kappa shape index (κ2) is 6.14. The fourth-order valence-electron chi connectivity index (χ4n) is 1.99. The number of amides is 1. The van der Waals surface area contributed by atoms with Crippen LogP contribution in [0.3, 0.4) is 0 Å². The Balaban J connectivity index is 1.86. The topological polar surface area (TPSA) is 55.6 Å². The summed E-state index contributed by atoms with van der Waals surface area (Å²) in [5.41, 5.74) is 6.61. The molecule has 1 amide bonds. The van der Waals surface area contributed by atoms with Gasteiger partial charge in [-0.2, -0.15) is 11.3 Å². The van der Waals surface area contributed by atoms with Gasteiger partial charge in [-0.15, -0.1) is 0 Å². The molecule has 94 valence electrons. The van der Waals surface area contributed by atoms with Crippen molar-refractivity contribution >= 4 is 17.2 Å². The summed E-state index contributed by atoms with van der Waals surface area (Å²) in [5.74, 6) is 0.189. The van der Waals surface area contributed by atoms with Crippen LogP contribution in [-0.4, -0.2) is 43.2 Å². The third kappa shape index (κ3) is 3.52. The Morgan fingerprint density at radius 2 is 2.53 bits per heavy atom.